The van der Waals surface area contributed by atoms with E-state index in [9.17, 15) is 14.4 Å². The van der Waals surface area contributed by atoms with E-state index in [0.717, 1.165) is 8.04 Å². The van der Waals surface area contributed by atoms with Crippen molar-refractivity contribution in [3.05, 3.63) is 67.5 Å². The molecule has 106 valence electrons. The second kappa shape index (κ2) is 7.00. The van der Waals surface area contributed by atoms with Gasteiger partial charge >= 0.3 is 0 Å². The molecule has 0 bridgehead atoms. The minimum absolute atomic E-state index is 0.151. The molecule has 6 heteroatoms. The van der Waals surface area contributed by atoms with Gasteiger partial charge in [-0.2, -0.15) is 5.26 Å². The molecule has 0 aliphatic rings. The van der Waals surface area contributed by atoms with Gasteiger partial charge < -0.3 is 5.32 Å². The molecule has 2 aromatic carbocycles. The van der Waals surface area contributed by atoms with Crippen LogP contribution in [0.1, 0.15) is 22.0 Å². The largest absolute Gasteiger partial charge is 0.332 e. The fraction of sp³-hybridized carbons (Fsp3) is 0.0667. The zero-order valence-corrected chi connectivity index (χ0v) is 14.4. The number of carbonyl (C=O) groups is 1. The lowest BCUT2D eigenvalue weighted by atomic mass is 10.1. The summed E-state index contributed by atoms with van der Waals surface area (Å²) in [7, 11) is 0. The lowest BCUT2D eigenvalue weighted by Gasteiger charge is -2.13. The van der Waals surface area contributed by atoms with E-state index in [4.69, 9.17) is 0 Å². The Hall–Kier alpha value is -1.46. The Bertz CT molecular complexity index is 730. The number of amides is 1. The van der Waals surface area contributed by atoms with E-state index in [1.807, 2.05) is 34.7 Å². The van der Waals surface area contributed by atoms with Crippen molar-refractivity contribution in [3.63, 3.8) is 0 Å². The molecule has 21 heavy (non-hydrogen) atoms. The van der Waals surface area contributed by atoms with E-state index in [-0.39, 0.29) is 5.56 Å². The summed E-state index contributed by atoms with van der Waals surface area (Å²) in [6, 6.07) is 12.0. The lowest BCUT2D eigenvalue weighted by Crippen LogP contribution is -2.28. The van der Waals surface area contributed by atoms with Crippen molar-refractivity contribution >= 4 is 44.4 Å². The van der Waals surface area contributed by atoms with E-state index in [2.05, 4.69) is 21.2 Å². The van der Waals surface area contributed by atoms with Gasteiger partial charge in [0.2, 0.25) is 0 Å². The van der Waals surface area contributed by atoms with Gasteiger partial charge in [-0.15, -0.1) is 0 Å². The minimum atomic E-state index is -1.03. The van der Waals surface area contributed by atoms with Crippen LogP contribution in [0.15, 0.2) is 46.9 Å². The van der Waals surface area contributed by atoms with Crippen LogP contribution in [0.25, 0.3) is 0 Å². The summed E-state index contributed by atoms with van der Waals surface area (Å²) >= 11 is 5.33. The molecule has 1 atom stereocenters. The third-order valence-electron chi connectivity index (χ3n) is 2.79. The maximum absolute atomic E-state index is 13.7. The standard InChI is InChI=1S/C15H9BrFIN2O/c16-9-5-6-13(18)11(7-9)15(21)20-14(8-19)10-3-1-2-4-12(10)17/h1-7,14H,(H,20,21). The second-order valence-corrected chi connectivity index (χ2v) is 6.26. The highest BCUT2D eigenvalue weighted by Gasteiger charge is 2.19. The Balaban J connectivity index is 2.27. The van der Waals surface area contributed by atoms with Crippen molar-refractivity contribution in [1.82, 2.24) is 5.32 Å². The average molecular weight is 459 g/mol. The monoisotopic (exact) mass is 458 g/mol. The predicted molar refractivity (Wildman–Crippen MR) is 89.1 cm³/mol. The molecule has 0 saturated carbocycles. The smallest absolute Gasteiger partial charge is 0.253 e. The predicted octanol–water partition coefficient (Wildman–Crippen LogP) is 4.19. The zero-order valence-electron chi connectivity index (χ0n) is 10.6. The Kier molecular flexibility index (Phi) is 5.31. The van der Waals surface area contributed by atoms with E-state index < -0.39 is 17.8 Å². The first-order chi connectivity index (χ1) is 10.0. The molecule has 0 aliphatic carbocycles. The maximum Gasteiger partial charge on any atom is 0.253 e. The molecule has 1 N–H and O–H groups in total. The molecule has 1 unspecified atom stereocenters. The van der Waals surface area contributed by atoms with Gasteiger partial charge in [0, 0.05) is 13.6 Å². The van der Waals surface area contributed by atoms with Gasteiger partial charge in [0.15, 0.2) is 0 Å². The summed E-state index contributed by atoms with van der Waals surface area (Å²) in [5.41, 5.74) is 0.583. The minimum Gasteiger partial charge on any atom is -0.332 e. The van der Waals surface area contributed by atoms with Gasteiger partial charge in [-0.3, -0.25) is 4.79 Å². The zero-order chi connectivity index (χ0) is 15.4. The SMILES string of the molecule is N#CC(NC(=O)c1cc(Br)ccc1I)c1ccccc1F. The molecule has 2 aromatic rings. The molecule has 0 saturated heterocycles. The van der Waals surface area contributed by atoms with Crippen LogP contribution < -0.4 is 5.32 Å². The van der Waals surface area contributed by atoms with Crippen LogP contribution in [0.5, 0.6) is 0 Å². The second-order valence-electron chi connectivity index (χ2n) is 4.18. The number of benzene rings is 2. The van der Waals surface area contributed by atoms with Gasteiger partial charge in [0.05, 0.1) is 11.6 Å². The highest BCUT2D eigenvalue weighted by atomic mass is 127. The first kappa shape index (κ1) is 15.9. The summed E-state index contributed by atoms with van der Waals surface area (Å²) in [6.45, 7) is 0. The molecule has 0 spiro atoms. The fourth-order valence-corrected chi connectivity index (χ4v) is 2.71. The number of carbonyl (C=O) groups excluding carboxylic acids is 1. The summed E-state index contributed by atoms with van der Waals surface area (Å²) in [5, 5.41) is 11.7. The van der Waals surface area contributed by atoms with E-state index in [1.54, 1.807) is 18.2 Å². The number of nitrogens with one attached hydrogen (secondary N) is 1. The Morgan fingerprint density at radius 1 is 1.33 bits per heavy atom. The van der Waals surface area contributed by atoms with Crippen LogP contribution >= 0.6 is 38.5 Å². The van der Waals surface area contributed by atoms with Crippen LogP contribution in [-0.4, -0.2) is 5.91 Å². The van der Waals surface area contributed by atoms with Gasteiger partial charge in [-0.05, 0) is 46.9 Å². The van der Waals surface area contributed by atoms with Crippen molar-refractivity contribution in [2.75, 3.05) is 0 Å². The summed E-state index contributed by atoms with van der Waals surface area (Å²) in [6.07, 6.45) is 0. The molecular formula is C15H9BrFIN2O. The molecule has 0 heterocycles. The van der Waals surface area contributed by atoms with Crippen LogP contribution in [-0.2, 0) is 0 Å². The number of hydrogen-bond acceptors (Lipinski definition) is 2. The number of halogens is 3. The molecule has 0 aliphatic heterocycles. The topological polar surface area (TPSA) is 52.9 Å². The highest BCUT2D eigenvalue weighted by Crippen LogP contribution is 2.21. The van der Waals surface area contributed by atoms with E-state index in [1.165, 1.54) is 18.2 Å². The van der Waals surface area contributed by atoms with Crippen LogP contribution in [0.3, 0.4) is 0 Å². The highest BCUT2D eigenvalue weighted by molar-refractivity contribution is 14.1. The van der Waals surface area contributed by atoms with Gasteiger partial charge in [-0.25, -0.2) is 4.39 Å². The van der Waals surface area contributed by atoms with Crippen molar-refractivity contribution < 1.29 is 9.18 Å². The average Bonchev–Trinajstić information content (AvgIpc) is 2.48. The number of nitrogens with zero attached hydrogens (tertiary/aromatic N) is 1. The van der Waals surface area contributed by atoms with Gasteiger partial charge in [0.25, 0.3) is 5.91 Å². The molecule has 3 nitrogen and oxygen atoms in total. The first-order valence-electron chi connectivity index (χ1n) is 5.93. The quantitative estimate of drug-likeness (QED) is 0.701. The van der Waals surface area contributed by atoms with E-state index in [0.29, 0.717) is 5.56 Å². The first-order valence-corrected chi connectivity index (χ1v) is 7.80. The third-order valence-corrected chi connectivity index (χ3v) is 4.23. The van der Waals surface area contributed by atoms with Crippen molar-refractivity contribution in [2.45, 2.75) is 6.04 Å². The van der Waals surface area contributed by atoms with Crippen LogP contribution in [0.2, 0.25) is 0 Å². The molecular weight excluding hydrogens is 450 g/mol. The summed E-state index contributed by atoms with van der Waals surface area (Å²) in [5.74, 6) is -0.941. The number of rotatable bonds is 3. The maximum atomic E-state index is 13.7. The number of nitriles is 1. The van der Waals surface area contributed by atoms with Crippen molar-refractivity contribution in [2.24, 2.45) is 0 Å². The number of hydrogen-bond donors (Lipinski definition) is 1. The lowest BCUT2D eigenvalue weighted by molar-refractivity contribution is 0.0944. The summed E-state index contributed by atoms with van der Waals surface area (Å²) < 4.78 is 15.2. The normalized spacial score (nSPS) is 11.5. The molecule has 0 radical (unpaired) electrons. The molecule has 1 amide bonds. The van der Waals surface area contributed by atoms with Crippen LogP contribution in [0, 0.1) is 20.7 Å². The Morgan fingerprint density at radius 3 is 2.71 bits per heavy atom. The molecule has 2 rings (SSSR count). The summed E-state index contributed by atoms with van der Waals surface area (Å²) in [4.78, 5) is 12.3. The molecule has 0 aromatic heterocycles. The van der Waals surface area contributed by atoms with Gasteiger partial charge in [-0.1, -0.05) is 34.1 Å². The Labute approximate surface area is 143 Å². The van der Waals surface area contributed by atoms with E-state index >= 15 is 0 Å². The van der Waals surface area contributed by atoms with Crippen LogP contribution in [0.4, 0.5) is 4.39 Å². The molecule has 0 fully saturated rings. The van der Waals surface area contributed by atoms with Crippen molar-refractivity contribution in [3.8, 4) is 6.07 Å². The van der Waals surface area contributed by atoms with Gasteiger partial charge in [0.1, 0.15) is 11.9 Å². The van der Waals surface area contributed by atoms with Crippen molar-refractivity contribution in [1.29, 1.82) is 5.26 Å². The third kappa shape index (κ3) is 3.80. The fourth-order valence-electron chi connectivity index (χ4n) is 1.77. The Morgan fingerprint density at radius 2 is 2.05 bits per heavy atom.